The smallest absolute Gasteiger partial charge is 0.0105 e. The molecule has 2 heteroatoms. The molecule has 18 heavy (non-hydrogen) atoms. The number of hydrogen-bond acceptors (Lipinski definition) is 2. The molecule has 0 aliphatic carbocycles. The van der Waals surface area contributed by atoms with Crippen LogP contribution in [-0.2, 0) is 0 Å². The second kappa shape index (κ2) is 6.91. The summed E-state index contributed by atoms with van der Waals surface area (Å²) in [6, 6.07) is 0.713. The molecule has 0 aromatic rings. The van der Waals surface area contributed by atoms with Crippen molar-refractivity contribution >= 4 is 0 Å². The number of nitrogens with zero attached hydrogens (tertiary/aromatic N) is 1. The molecular formula is C16H34N2. The van der Waals surface area contributed by atoms with Crippen LogP contribution in [0.2, 0.25) is 0 Å². The van der Waals surface area contributed by atoms with Crippen LogP contribution in [-0.4, -0.2) is 37.1 Å². The van der Waals surface area contributed by atoms with E-state index >= 15 is 0 Å². The van der Waals surface area contributed by atoms with Crippen molar-refractivity contribution in [3.63, 3.8) is 0 Å². The summed E-state index contributed by atoms with van der Waals surface area (Å²) in [5, 5.41) is 3.47. The van der Waals surface area contributed by atoms with E-state index in [1.165, 1.54) is 25.9 Å². The lowest BCUT2D eigenvalue weighted by Gasteiger charge is -2.42. The van der Waals surface area contributed by atoms with Gasteiger partial charge in [0.15, 0.2) is 0 Å². The first kappa shape index (κ1) is 16.0. The zero-order chi connectivity index (χ0) is 13.8. The summed E-state index contributed by atoms with van der Waals surface area (Å²) >= 11 is 0. The SMILES string of the molecule is CCNCC(C)C(C)N1CCC(C(C)(C)C)CC1. The third-order valence-electron chi connectivity index (χ3n) is 4.87. The fourth-order valence-electron chi connectivity index (χ4n) is 3.08. The van der Waals surface area contributed by atoms with Crippen molar-refractivity contribution in [3.05, 3.63) is 0 Å². The quantitative estimate of drug-likeness (QED) is 0.809. The average molecular weight is 254 g/mol. The molecule has 1 rings (SSSR count). The molecule has 1 N–H and O–H groups in total. The predicted molar refractivity (Wildman–Crippen MR) is 80.9 cm³/mol. The molecule has 1 heterocycles. The van der Waals surface area contributed by atoms with Crippen LogP contribution in [0.4, 0.5) is 0 Å². The van der Waals surface area contributed by atoms with Crippen LogP contribution >= 0.6 is 0 Å². The molecule has 1 saturated heterocycles. The van der Waals surface area contributed by atoms with Gasteiger partial charge in [-0.15, -0.1) is 0 Å². The molecular weight excluding hydrogens is 220 g/mol. The lowest BCUT2D eigenvalue weighted by atomic mass is 9.75. The van der Waals surface area contributed by atoms with E-state index in [9.17, 15) is 0 Å². The van der Waals surface area contributed by atoms with Crippen LogP contribution in [0.15, 0.2) is 0 Å². The molecule has 2 nitrogen and oxygen atoms in total. The fourth-order valence-corrected chi connectivity index (χ4v) is 3.08. The molecule has 0 amide bonds. The summed E-state index contributed by atoms with van der Waals surface area (Å²) in [5.74, 6) is 1.65. The van der Waals surface area contributed by atoms with Crippen molar-refractivity contribution in [2.24, 2.45) is 17.3 Å². The van der Waals surface area contributed by atoms with Gasteiger partial charge in [0.25, 0.3) is 0 Å². The number of nitrogens with one attached hydrogen (secondary N) is 1. The molecule has 0 aromatic heterocycles. The Hall–Kier alpha value is -0.0800. The minimum atomic E-state index is 0.491. The summed E-state index contributed by atoms with van der Waals surface area (Å²) in [4.78, 5) is 2.70. The number of hydrogen-bond donors (Lipinski definition) is 1. The highest BCUT2D eigenvalue weighted by atomic mass is 15.2. The summed E-state index contributed by atoms with van der Waals surface area (Å²) in [5.41, 5.74) is 0.491. The van der Waals surface area contributed by atoms with E-state index in [2.05, 4.69) is 51.8 Å². The van der Waals surface area contributed by atoms with Gasteiger partial charge in [-0.05, 0) is 63.2 Å². The van der Waals surface area contributed by atoms with E-state index < -0.39 is 0 Å². The Labute approximate surface area is 115 Å². The molecule has 1 fully saturated rings. The Morgan fingerprint density at radius 1 is 1.17 bits per heavy atom. The van der Waals surface area contributed by atoms with Crippen LogP contribution in [0.1, 0.15) is 54.4 Å². The average Bonchev–Trinajstić information content (AvgIpc) is 2.34. The molecule has 1 aliphatic rings. The van der Waals surface area contributed by atoms with Gasteiger partial charge in [0.05, 0.1) is 0 Å². The van der Waals surface area contributed by atoms with Crippen LogP contribution in [0.5, 0.6) is 0 Å². The van der Waals surface area contributed by atoms with Gasteiger partial charge in [0.1, 0.15) is 0 Å². The van der Waals surface area contributed by atoms with Crippen molar-refractivity contribution in [2.45, 2.75) is 60.4 Å². The lowest BCUT2D eigenvalue weighted by Crippen LogP contribution is -2.46. The molecule has 0 saturated carbocycles. The topological polar surface area (TPSA) is 15.3 Å². The predicted octanol–water partition coefficient (Wildman–Crippen LogP) is 3.38. The minimum Gasteiger partial charge on any atom is -0.317 e. The van der Waals surface area contributed by atoms with Crippen LogP contribution in [0.25, 0.3) is 0 Å². The number of rotatable bonds is 5. The summed E-state index contributed by atoms with van der Waals surface area (Å²) in [7, 11) is 0. The highest BCUT2D eigenvalue weighted by molar-refractivity contribution is 4.84. The molecule has 108 valence electrons. The second-order valence-corrected chi connectivity index (χ2v) is 7.20. The van der Waals surface area contributed by atoms with Gasteiger partial charge in [-0.3, -0.25) is 0 Å². The molecule has 0 spiro atoms. The normalized spacial score (nSPS) is 23.0. The monoisotopic (exact) mass is 254 g/mol. The van der Waals surface area contributed by atoms with Gasteiger partial charge in [0, 0.05) is 6.04 Å². The fraction of sp³-hybridized carbons (Fsp3) is 1.00. The van der Waals surface area contributed by atoms with Gasteiger partial charge < -0.3 is 10.2 Å². The maximum Gasteiger partial charge on any atom is 0.0105 e. The van der Waals surface area contributed by atoms with E-state index in [4.69, 9.17) is 0 Å². The van der Waals surface area contributed by atoms with Crippen molar-refractivity contribution in [3.8, 4) is 0 Å². The first-order valence-electron chi connectivity index (χ1n) is 7.81. The van der Waals surface area contributed by atoms with Crippen molar-refractivity contribution in [1.29, 1.82) is 0 Å². The third-order valence-corrected chi connectivity index (χ3v) is 4.87. The van der Waals surface area contributed by atoms with E-state index in [-0.39, 0.29) is 0 Å². The Bertz CT molecular complexity index is 224. The van der Waals surface area contributed by atoms with Gasteiger partial charge in [-0.25, -0.2) is 0 Å². The van der Waals surface area contributed by atoms with Crippen molar-refractivity contribution < 1.29 is 0 Å². The zero-order valence-electron chi connectivity index (χ0n) is 13.4. The summed E-state index contributed by atoms with van der Waals surface area (Å²) in [6.45, 7) is 19.0. The van der Waals surface area contributed by atoms with Gasteiger partial charge in [-0.1, -0.05) is 34.6 Å². The molecule has 1 aliphatic heterocycles. The zero-order valence-corrected chi connectivity index (χ0v) is 13.4. The Kier molecular flexibility index (Phi) is 6.13. The van der Waals surface area contributed by atoms with Crippen molar-refractivity contribution in [2.75, 3.05) is 26.2 Å². The van der Waals surface area contributed by atoms with Crippen LogP contribution in [0, 0.1) is 17.3 Å². The van der Waals surface area contributed by atoms with Gasteiger partial charge in [0.2, 0.25) is 0 Å². The summed E-state index contributed by atoms with van der Waals surface area (Å²) < 4.78 is 0. The van der Waals surface area contributed by atoms with Crippen molar-refractivity contribution in [1.82, 2.24) is 10.2 Å². The number of piperidine rings is 1. The highest BCUT2D eigenvalue weighted by Gasteiger charge is 2.31. The van der Waals surface area contributed by atoms with E-state index in [1.54, 1.807) is 0 Å². The minimum absolute atomic E-state index is 0.491. The maximum atomic E-state index is 3.47. The molecule has 0 radical (unpaired) electrons. The first-order chi connectivity index (χ1) is 8.36. The third kappa shape index (κ3) is 4.55. The standard InChI is InChI=1S/C16H34N2/c1-7-17-12-13(2)14(3)18-10-8-15(9-11-18)16(4,5)6/h13-15,17H,7-12H2,1-6H3. The Balaban J connectivity index is 2.38. The van der Waals surface area contributed by atoms with Gasteiger partial charge in [-0.2, -0.15) is 0 Å². The van der Waals surface area contributed by atoms with Crippen LogP contribution in [0.3, 0.4) is 0 Å². The molecule has 2 atom stereocenters. The summed E-state index contributed by atoms with van der Waals surface area (Å²) in [6.07, 6.45) is 2.75. The molecule has 0 bridgehead atoms. The Morgan fingerprint density at radius 3 is 2.17 bits per heavy atom. The number of likely N-dealkylation sites (tertiary alicyclic amines) is 1. The lowest BCUT2D eigenvalue weighted by molar-refractivity contribution is 0.0698. The van der Waals surface area contributed by atoms with E-state index in [0.717, 1.165) is 24.9 Å². The van der Waals surface area contributed by atoms with E-state index in [0.29, 0.717) is 11.5 Å². The molecule has 2 unspecified atom stereocenters. The van der Waals surface area contributed by atoms with Crippen LogP contribution < -0.4 is 5.32 Å². The second-order valence-electron chi connectivity index (χ2n) is 7.20. The first-order valence-corrected chi connectivity index (χ1v) is 7.81. The largest absolute Gasteiger partial charge is 0.317 e. The maximum absolute atomic E-state index is 3.47. The molecule has 0 aromatic carbocycles. The van der Waals surface area contributed by atoms with Gasteiger partial charge >= 0.3 is 0 Å². The Morgan fingerprint density at radius 2 is 1.72 bits per heavy atom. The highest BCUT2D eigenvalue weighted by Crippen LogP contribution is 2.35. The van der Waals surface area contributed by atoms with E-state index in [1.807, 2.05) is 0 Å².